The molecule has 0 aliphatic carbocycles. The van der Waals surface area contributed by atoms with Crippen molar-refractivity contribution in [2.45, 2.75) is 27.7 Å². The molecule has 0 fully saturated rings. The Kier molecular flexibility index (Phi) is 5.32. The average Bonchev–Trinajstić information content (AvgIpc) is 2.51. The maximum absolute atomic E-state index is 9.31. The highest BCUT2D eigenvalue weighted by molar-refractivity contribution is 5.87. The van der Waals surface area contributed by atoms with E-state index in [0.717, 1.165) is 33.6 Å². The number of rotatable bonds is 4. The summed E-state index contributed by atoms with van der Waals surface area (Å²) in [7, 11) is 0. The Hall–Kier alpha value is -2.86. The molecule has 0 atom stereocenters. The van der Waals surface area contributed by atoms with E-state index in [2.05, 4.69) is 16.4 Å². The van der Waals surface area contributed by atoms with Crippen molar-refractivity contribution in [3.63, 3.8) is 0 Å². The van der Waals surface area contributed by atoms with E-state index < -0.39 is 0 Å². The van der Waals surface area contributed by atoms with Crippen LogP contribution in [-0.2, 0) is 0 Å². The van der Waals surface area contributed by atoms with Crippen LogP contribution in [0.3, 0.4) is 0 Å². The molecule has 2 aromatic rings. The summed E-state index contributed by atoms with van der Waals surface area (Å²) in [6, 6.07) is 14.3. The van der Waals surface area contributed by atoms with Gasteiger partial charge in [0.1, 0.15) is 6.07 Å². The van der Waals surface area contributed by atoms with Crippen LogP contribution in [0.1, 0.15) is 22.3 Å². The minimum absolute atomic E-state index is 0.482. The fraction of sp³-hybridized carbons (Fsp3) is 0.200. The van der Waals surface area contributed by atoms with Gasteiger partial charge in [-0.25, -0.2) is 0 Å². The molecule has 0 aromatic heterocycles. The van der Waals surface area contributed by atoms with Gasteiger partial charge in [-0.15, -0.1) is 0 Å². The molecule has 1 N–H and O–H groups in total. The normalized spacial score (nSPS) is 11.5. The lowest BCUT2D eigenvalue weighted by atomic mass is 10.1. The van der Waals surface area contributed by atoms with Crippen LogP contribution in [0.4, 0.5) is 11.4 Å². The van der Waals surface area contributed by atoms with Gasteiger partial charge in [0.2, 0.25) is 0 Å². The maximum Gasteiger partial charge on any atom is 0.102 e. The molecule has 3 nitrogen and oxygen atoms in total. The number of nitriles is 1. The SMILES string of the molecule is Cc1cccc(C)c1N=C/C(C#N)=C/Nc1c(C)cccc1C. The van der Waals surface area contributed by atoms with Crippen molar-refractivity contribution >= 4 is 17.6 Å². The Morgan fingerprint density at radius 1 is 0.957 bits per heavy atom. The number of benzene rings is 2. The zero-order chi connectivity index (χ0) is 16.8. The number of aryl methyl sites for hydroxylation is 4. The molecule has 0 amide bonds. The van der Waals surface area contributed by atoms with Crippen LogP contribution < -0.4 is 5.32 Å². The Balaban J connectivity index is 2.24. The Morgan fingerprint density at radius 2 is 1.48 bits per heavy atom. The second-order valence-corrected chi connectivity index (χ2v) is 5.62. The first-order valence-electron chi connectivity index (χ1n) is 7.56. The highest BCUT2D eigenvalue weighted by Gasteiger charge is 2.01. The standard InChI is InChI=1S/C20H21N3/c1-14-7-5-8-15(2)19(14)22-12-18(11-21)13-23-20-16(3)9-6-10-17(20)4/h5-10,12-13,22H,1-4H3/b18-12+,23-13?. The third kappa shape index (κ3) is 4.08. The molecule has 3 heteroatoms. The molecule has 0 aliphatic rings. The molecular formula is C20H21N3. The van der Waals surface area contributed by atoms with Gasteiger partial charge in [0.25, 0.3) is 0 Å². The van der Waals surface area contributed by atoms with E-state index in [-0.39, 0.29) is 0 Å². The minimum atomic E-state index is 0.482. The summed E-state index contributed by atoms with van der Waals surface area (Å²) in [6.07, 6.45) is 3.31. The van der Waals surface area contributed by atoms with Crippen LogP contribution in [-0.4, -0.2) is 6.21 Å². The van der Waals surface area contributed by atoms with Crippen molar-refractivity contribution in [3.05, 3.63) is 70.4 Å². The van der Waals surface area contributed by atoms with Crippen LogP contribution in [0.25, 0.3) is 0 Å². The second kappa shape index (κ2) is 7.42. The van der Waals surface area contributed by atoms with Crippen LogP contribution in [0, 0.1) is 39.0 Å². The van der Waals surface area contributed by atoms with Gasteiger partial charge in [-0.1, -0.05) is 36.4 Å². The monoisotopic (exact) mass is 303 g/mol. The Morgan fingerprint density at radius 3 is 2.00 bits per heavy atom. The van der Waals surface area contributed by atoms with Crippen molar-refractivity contribution < 1.29 is 0 Å². The van der Waals surface area contributed by atoms with Crippen LogP contribution in [0.2, 0.25) is 0 Å². The third-order valence-corrected chi connectivity index (χ3v) is 3.75. The van der Waals surface area contributed by atoms with Crippen molar-refractivity contribution in [3.8, 4) is 6.07 Å². The summed E-state index contributed by atoms with van der Waals surface area (Å²) in [6.45, 7) is 8.12. The summed E-state index contributed by atoms with van der Waals surface area (Å²) >= 11 is 0. The summed E-state index contributed by atoms with van der Waals surface area (Å²) in [5.74, 6) is 0. The lowest BCUT2D eigenvalue weighted by Gasteiger charge is -2.09. The number of nitrogens with zero attached hydrogens (tertiary/aromatic N) is 2. The van der Waals surface area contributed by atoms with Crippen molar-refractivity contribution in [2.75, 3.05) is 5.32 Å². The molecule has 2 aromatic carbocycles. The quantitative estimate of drug-likeness (QED) is 0.628. The van der Waals surface area contributed by atoms with Crippen molar-refractivity contribution in [1.82, 2.24) is 0 Å². The van der Waals surface area contributed by atoms with Crippen molar-refractivity contribution in [2.24, 2.45) is 4.99 Å². The predicted octanol–water partition coefficient (Wildman–Crippen LogP) is 5.14. The molecule has 23 heavy (non-hydrogen) atoms. The van der Waals surface area contributed by atoms with E-state index in [1.54, 1.807) is 12.4 Å². The third-order valence-electron chi connectivity index (χ3n) is 3.75. The fourth-order valence-corrected chi connectivity index (χ4v) is 2.43. The van der Waals surface area contributed by atoms with Crippen LogP contribution >= 0.6 is 0 Å². The largest absolute Gasteiger partial charge is 0.360 e. The number of anilines is 1. The molecule has 0 saturated heterocycles. The molecule has 0 spiro atoms. The molecule has 0 bridgehead atoms. The van der Waals surface area contributed by atoms with Crippen molar-refractivity contribution in [1.29, 1.82) is 5.26 Å². The number of hydrogen-bond donors (Lipinski definition) is 1. The van der Waals surface area contributed by atoms with Gasteiger partial charge in [-0.2, -0.15) is 5.26 Å². The van der Waals surface area contributed by atoms with Gasteiger partial charge >= 0.3 is 0 Å². The van der Waals surface area contributed by atoms with E-state index in [1.807, 2.05) is 64.1 Å². The first-order chi connectivity index (χ1) is 11.0. The second-order valence-electron chi connectivity index (χ2n) is 5.62. The first-order valence-corrected chi connectivity index (χ1v) is 7.56. The predicted molar refractivity (Wildman–Crippen MR) is 97.3 cm³/mol. The number of aliphatic imine (C=N–C) groups is 1. The highest BCUT2D eigenvalue weighted by atomic mass is 14.9. The molecule has 0 radical (unpaired) electrons. The number of nitrogens with one attached hydrogen (secondary N) is 1. The molecule has 116 valence electrons. The zero-order valence-electron chi connectivity index (χ0n) is 14.0. The van der Waals surface area contributed by atoms with E-state index in [9.17, 15) is 5.26 Å². The number of hydrogen-bond acceptors (Lipinski definition) is 3. The van der Waals surface area contributed by atoms with Gasteiger partial charge in [-0.05, 0) is 49.9 Å². The molecule has 0 heterocycles. The molecule has 0 saturated carbocycles. The average molecular weight is 303 g/mol. The molecular weight excluding hydrogens is 282 g/mol. The Bertz CT molecular complexity index is 768. The smallest absolute Gasteiger partial charge is 0.102 e. The zero-order valence-corrected chi connectivity index (χ0v) is 14.0. The van der Waals surface area contributed by atoms with Gasteiger partial charge in [-0.3, -0.25) is 4.99 Å². The summed E-state index contributed by atoms with van der Waals surface area (Å²) < 4.78 is 0. The van der Waals surface area contributed by atoms with E-state index in [1.165, 1.54) is 0 Å². The van der Waals surface area contributed by atoms with Crippen LogP contribution in [0.15, 0.2) is 53.2 Å². The number of allylic oxidation sites excluding steroid dienone is 1. The topological polar surface area (TPSA) is 48.2 Å². The van der Waals surface area contributed by atoms with Gasteiger partial charge < -0.3 is 5.32 Å². The van der Waals surface area contributed by atoms with E-state index in [4.69, 9.17) is 0 Å². The minimum Gasteiger partial charge on any atom is -0.360 e. The molecule has 0 unspecified atom stereocenters. The van der Waals surface area contributed by atoms with Gasteiger partial charge in [0, 0.05) is 18.1 Å². The summed E-state index contributed by atoms with van der Waals surface area (Å²) in [5, 5.41) is 12.5. The lowest BCUT2D eigenvalue weighted by Crippen LogP contribution is -1.96. The van der Waals surface area contributed by atoms with E-state index >= 15 is 0 Å². The lowest BCUT2D eigenvalue weighted by molar-refractivity contribution is 1.33. The molecule has 0 aliphatic heterocycles. The van der Waals surface area contributed by atoms with E-state index in [0.29, 0.717) is 5.57 Å². The van der Waals surface area contributed by atoms with Gasteiger partial charge in [0.05, 0.1) is 11.3 Å². The number of para-hydroxylation sites is 2. The Labute approximate surface area is 138 Å². The van der Waals surface area contributed by atoms with Crippen LogP contribution in [0.5, 0.6) is 0 Å². The van der Waals surface area contributed by atoms with Gasteiger partial charge in [0.15, 0.2) is 0 Å². The fourth-order valence-electron chi connectivity index (χ4n) is 2.43. The first kappa shape index (κ1) is 16.5. The summed E-state index contributed by atoms with van der Waals surface area (Å²) in [5.41, 5.74) is 6.91. The summed E-state index contributed by atoms with van der Waals surface area (Å²) in [4.78, 5) is 4.48. The highest BCUT2D eigenvalue weighted by Crippen LogP contribution is 2.23. The molecule has 2 rings (SSSR count). The maximum atomic E-state index is 9.31.